The van der Waals surface area contributed by atoms with Crippen molar-refractivity contribution in [3.63, 3.8) is 0 Å². The third-order valence-electron chi connectivity index (χ3n) is 4.26. The maximum absolute atomic E-state index is 12.4. The van der Waals surface area contributed by atoms with Crippen molar-refractivity contribution >= 4 is 40.0 Å². The van der Waals surface area contributed by atoms with Gasteiger partial charge in [-0.25, -0.2) is 0 Å². The lowest BCUT2D eigenvalue weighted by Gasteiger charge is -2.23. The summed E-state index contributed by atoms with van der Waals surface area (Å²) in [5.74, 6) is 0.457. The number of likely N-dealkylation sites (tertiary alicyclic amines) is 1. The molecule has 3 rings (SSSR count). The van der Waals surface area contributed by atoms with Crippen molar-refractivity contribution in [2.45, 2.75) is 42.5 Å². The number of nitrogens with zero attached hydrogens (tertiary/aromatic N) is 3. The van der Waals surface area contributed by atoms with Crippen molar-refractivity contribution in [2.24, 2.45) is 5.92 Å². The molecule has 124 valence electrons. The first kappa shape index (κ1) is 16.4. The van der Waals surface area contributed by atoms with Crippen LogP contribution in [0.2, 0.25) is 0 Å². The quantitative estimate of drug-likeness (QED) is 0.484. The molecule has 2 aliphatic rings. The first-order valence-corrected chi connectivity index (χ1v) is 9.65. The fourth-order valence-electron chi connectivity index (χ4n) is 3.13. The first-order chi connectivity index (χ1) is 11.2. The number of rotatable bonds is 6. The van der Waals surface area contributed by atoms with E-state index in [1.165, 1.54) is 35.9 Å². The zero-order chi connectivity index (χ0) is 16.2. The molecular weight excluding hydrogens is 332 g/mol. The lowest BCUT2D eigenvalue weighted by molar-refractivity contribution is -0.129. The molecule has 1 saturated carbocycles. The minimum atomic E-state index is -0.281. The zero-order valence-corrected chi connectivity index (χ0v) is 14.5. The van der Waals surface area contributed by atoms with Gasteiger partial charge in [0.1, 0.15) is 0 Å². The molecule has 1 aliphatic heterocycles. The second-order valence-electron chi connectivity index (χ2n) is 5.85. The maximum Gasteiger partial charge on any atom is 0.231 e. The van der Waals surface area contributed by atoms with Gasteiger partial charge in [-0.05, 0) is 12.8 Å². The molecule has 8 heteroatoms. The predicted molar refractivity (Wildman–Crippen MR) is 91.5 cm³/mol. The summed E-state index contributed by atoms with van der Waals surface area (Å²) in [6.07, 6.45) is 6.61. The maximum atomic E-state index is 12.4. The Kier molecular flexibility index (Phi) is 5.32. The third kappa shape index (κ3) is 3.92. The molecule has 2 fully saturated rings. The lowest BCUT2D eigenvalue weighted by atomic mass is 10.1. The van der Waals surface area contributed by atoms with E-state index in [0.29, 0.717) is 24.1 Å². The second kappa shape index (κ2) is 7.44. The number of anilines is 1. The zero-order valence-electron chi connectivity index (χ0n) is 12.9. The molecule has 23 heavy (non-hydrogen) atoms. The van der Waals surface area contributed by atoms with Crippen molar-refractivity contribution in [1.29, 1.82) is 0 Å². The van der Waals surface area contributed by atoms with E-state index in [1.54, 1.807) is 6.08 Å². The van der Waals surface area contributed by atoms with Crippen LogP contribution in [0, 0.1) is 5.92 Å². The lowest BCUT2D eigenvalue weighted by Crippen LogP contribution is -2.35. The number of carbonyl (C=O) groups excluding carboxylic acids is 2. The van der Waals surface area contributed by atoms with Gasteiger partial charge in [-0.2, -0.15) is 0 Å². The topological polar surface area (TPSA) is 75.2 Å². The van der Waals surface area contributed by atoms with Gasteiger partial charge < -0.3 is 10.2 Å². The number of hydrogen-bond donors (Lipinski definition) is 1. The van der Waals surface area contributed by atoms with E-state index in [-0.39, 0.29) is 17.7 Å². The summed E-state index contributed by atoms with van der Waals surface area (Å²) in [5.41, 5.74) is 0. The SMILES string of the molecule is C=CCSc1nnc(NC(=O)C2CC(=O)N(C3CCCC3)C2)s1. The molecular formula is C15H20N4O2S2. The minimum Gasteiger partial charge on any atom is -0.339 e. The predicted octanol–water partition coefficient (Wildman–Crippen LogP) is 2.55. The average Bonchev–Trinajstić information content (AvgIpc) is 3.25. The van der Waals surface area contributed by atoms with Gasteiger partial charge >= 0.3 is 0 Å². The van der Waals surface area contributed by atoms with Gasteiger partial charge in [-0.3, -0.25) is 9.59 Å². The van der Waals surface area contributed by atoms with Gasteiger partial charge in [0.25, 0.3) is 0 Å². The summed E-state index contributed by atoms with van der Waals surface area (Å²) >= 11 is 2.88. The van der Waals surface area contributed by atoms with Crippen LogP contribution in [0.15, 0.2) is 17.0 Å². The Morgan fingerprint density at radius 1 is 1.43 bits per heavy atom. The van der Waals surface area contributed by atoms with Crippen molar-refractivity contribution in [3.05, 3.63) is 12.7 Å². The van der Waals surface area contributed by atoms with Crippen molar-refractivity contribution in [2.75, 3.05) is 17.6 Å². The van der Waals surface area contributed by atoms with Crippen LogP contribution >= 0.6 is 23.1 Å². The first-order valence-electron chi connectivity index (χ1n) is 7.85. The molecule has 1 aromatic heterocycles. The second-order valence-corrected chi connectivity index (χ2v) is 8.09. The minimum absolute atomic E-state index is 0.108. The Morgan fingerprint density at radius 2 is 2.22 bits per heavy atom. The Bertz CT molecular complexity index is 598. The summed E-state index contributed by atoms with van der Waals surface area (Å²) in [6.45, 7) is 4.19. The fourth-order valence-corrected chi connectivity index (χ4v) is 4.65. The molecule has 0 bridgehead atoms. The third-order valence-corrected chi connectivity index (χ3v) is 6.22. The number of aromatic nitrogens is 2. The Hall–Kier alpha value is -1.41. The highest BCUT2D eigenvalue weighted by Crippen LogP contribution is 2.31. The number of carbonyl (C=O) groups is 2. The number of amides is 2. The molecule has 1 aromatic rings. The number of hydrogen-bond acceptors (Lipinski definition) is 6. The van der Waals surface area contributed by atoms with E-state index in [4.69, 9.17) is 0 Å². The van der Waals surface area contributed by atoms with Crippen molar-refractivity contribution < 1.29 is 9.59 Å². The number of nitrogens with one attached hydrogen (secondary N) is 1. The highest BCUT2D eigenvalue weighted by molar-refractivity contribution is 8.01. The Morgan fingerprint density at radius 3 is 2.96 bits per heavy atom. The molecule has 1 atom stereocenters. The monoisotopic (exact) mass is 352 g/mol. The summed E-state index contributed by atoms with van der Waals surface area (Å²) in [4.78, 5) is 26.4. The van der Waals surface area contributed by atoms with Gasteiger partial charge in [-0.15, -0.1) is 16.8 Å². The molecule has 1 saturated heterocycles. The standard InChI is InChI=1S/C15H20N4O2S2/c1-2-7-22-15-18-17-14(23-15)16-13(21)10-8-12(20)19(9-10)11-5-3-4-6-11/h2,10-11H,1,3-9H2,(H,16,17,21). The van der Waals surface area contributed by atoms with Crippen LogP contribution in [0.25, 0.3) is 0 Å². The van der Waals surface area contributed by atoms with Gasteiger partial charge in [0.15, 0.2) is 4.34 Å². The molecule has 1 N–H and O–H groups in total. The smallest absolute Gasteiger partial charge is 0.231 e. The Labute approximate surface area is 143 Å². The fraction of sp³-hybridized carbons (Fsp3) is 0.600. The van der Waals surface area contributed by atoms with E-state index in [9.17, 15) is 9.59 Å². The summed E-state index contributed by atoms with van der Waals surface area (Å²) in [6, 6.07) is 0.337. The Balaban J connectivity index is 1.55. The molecule has 1 aliphatic carbocycles. The highest BCUT2D eigenvalue weighted by atomic mass is 32.2. The van der Waals surface area contributed by atoms with E-state index < -0.39 is 0 Å². The van der Waals surface area contributed by atoms with Crippen LogP contribution < -0.4 is 5.32 Å². The summed E-state index contributed by atoms with van der Waals surface area (Å²) in [5, 5.41) is 11.3. The van der Waals surface area contributed by atoms with Gasteiger partial charge in [0.2, 0.25) is 16.9 Å². The van der Waals surface area contributed by atoms with Gasteiger partial charge in [0, 0.05) is 24.8 Å². The van der Waals surface area contributed by atoms with E-state index in [0.717, 1.165) is 22.9 Å². The molecule has 0 radical (unpaired) electrons. The number of thioether (sulfide) groups is 1. The summed E-state index contributed by atoms with van der Waals surface area (Å²) < 4.78 is 0.801. The molecule has 2 amide bonds. The van der Waals surface area contributed by atoms with Crippen LogP contribution in [-0.2, 0) is 9.59 Å². The highest BCUT2D eigenvalue weighted by Gasteiger charge is 2.38. The van der Waals surface area contributed by atoms with Gasteiger partial charge in [0.05, 0.1) is 5.92 Å². The molecule has 2 heterocycles. The normalized spacial score (nSPS) is 21.8. The van der Waals surface area contributed by atoms with E-state index >= 15 is 0 Å². The summed E-state index contributed by atoms with van der Waals surface area (Å²) in [7, 11) is 0. The largest absolute Gasteiger partial charge is 0.339 e. The molecule has 6 nitrogen and oxygen atoms in total. The van der Waals surface area contributed by atoms with E-state index in [1.807, 2.05) is 4.90 Å². The van der Waals surface area contributed by atoms with Crippen molar-refractivity contribution in [1.82, 2.24) is 15.1 Å². The molecule has 0 spiro atoms. The van der Waals surface area contributed by atoms with Gasteiger partial charge in [-0.1, -0.05) is 42.0 Å². The van der Waals surface area contributed by atoms with Crippen LogP contribution in [0.4, 0.5) is 5.13 Å². The van der Waals surface area contributed by atoms with Crippen LogP contribution in [0.1, 0.15) is 32.1 Å². The average molecular weight is 352 g/mol. The molecule has 1 unspecified atom stereocenters. The van der Waals surface area contributed by atoms with Crippen LogP contribution in [0.3, 0.4) is 0 Å². The van der Waals surface area contributed by atoms with Crippen LogP contribution in [0.5, 0.6) is 0 Å². The van der Waals surface area contributed by atoms with E-state index in [2.05, 4.69) is 22.1 Å². The molecule has 0 aromatic carbocycles. The van der Waals surface area contributed by atoms with Crippen molar-refractivity contribution in [3.8, 4) is 0 Å². The van der Waals surface area contributed by atoms with Crippen LogP contribution in [-0.4, -0.2) is 45.3 Å².